The number of hydrogen-bond acceptors (Lipinski definition) is 5. The third-order valence-corrected chi connectivity index (χ3v) is 2.92. The molecular formula is C13H10Cl2N2O4. The van der Waals surface area contributed by atoms with Crippen LogP contribution in [0.25, 0.3) is 0 Å². The monoisotopic (exact) mass is 328 g/mol. The number of carbonyl (C=O) groups is 2. The van der Waals surface area contributed by atoms with E-state index in [0.717, 1.165) is 0 Å². The van der Waals surface area contributed by atoms with Crippen LogP contribution in [0.1, 0.15) is 17.5 Å². The molecule has 6 nitrogen and oxygen atoms in total. The Balaban J connectivity index is 1.98. The molecule has 2 heterocycles. The highest BCUT2D eigenvalue weighted by Crippen LogP contribution is 2.22. The fraction of sp³-hybridized carbons (Fsp3) is 0.154. The Bertz CT molecular complexity index is 658. The Morgan fingerprint density at radius 2 is 2.19 bits per heavy atom. The van der Waals surface area contributed by atoms with Gasteiger partial charge in [0.25, 0.3) is 5.91 Å². The van der Waals surface area contributed by atoms with E-state index in [1.54, 1.807) is 6.07 Å². The number of hydrogen-bond donors (Lipinski definition) is 1. The number of carbonyl (C=O) groups excluding carboxylic acids is 2. The van der Waals surface area contributed by atoms with Crippen molar-refractivity contribution in [3.8, 4) is 0 Å². The first-order valence-corrected chi connectivity index (χ1v) is 6.59. The Hall–Kier alpha value is -2.05. The van der Waals surface area contributed by atoms with Gasteiger partial charge in [0.15, 0.2) is 11.9 Å². The molecule has 1 atom stereocenters. The molecule has 0 fully saturated rings. The molecule has 8 heteroatoms. The largest absolute Gasteiger partial charge is 0.457 e. The number of aromatic nitrogens is 1. The van der Waals surface area contributed by atoms with Gasteiger partial charge >= 0.3 is 5.97 Å². The van der Waals surface area contributed by atoms with E-state index < -0.39 is 18.0 Å². The Morgan fingerprint density at radius 3 is 2.81 bits per heavy atom. The number of furan rings is 1. The second-order valence-corrected chi connectivity index (χ2v) is 4.84. The maximum atomic E-state index is 11.9. The number of amides is 1. The molecule has 0 saturated heterocycles. The molecule has 0 bridgehead atoms. The zero-order valence-corrected chi connectivity index (χ0v) is 12.3. The molecular weight excluding hydrogens is 319 g/mol. The van der Waals surface area contributed by atoms with E-state index in [1.165, 1.54) is 31.5 Å². The molecule has 110 valence electrons. The van der Waals surface area contributed by atoms with Crippen LogP contribution in [0, 0.1) is 0 Å². The van der Waals surface area contributed by atoms with Gasteiger partial charge in [-0.2, -0.15) is 0 Å². The van der Waals surface area contributed by atoms with Gasteiger partial charge in [-0.05, 0) is 25.1 Å². The summed E-state index contributed by atoms with van der Waals surface area (Å²) in [6.07, 6.45) is 1.62. The second-order valence-electron chi connectivity index (χ2n) is 4.00. The van der Waals surface area contributed by atoms with Gasteiger partial charge < -0.3 is 14.5 Å². The normalized spacial score (nSPS) is 11.8. The van der Waals surface area contributed by atoms with E-state index in [2.05, 4.69) is 10.3 Å². The van der Waals surface area contributed by atoms with Gasteiger partial charge in [0.2, 0.25) is 5.76 Å². The predicted molar refractivity (Wildman–Crippen MR) is 76.5 cm³/mol. The second kappa shape index (κ2) is 6.60. The van der Waals surface area contributed by atoms with Crippen molar-refractivity contribution in [3.05, 3.63) is 46.5 Å². The lowest BCUT2D eigenvalue weighted by molar-refractivity contribution is -0.123. The number of halogens is 2. The standard InChI is InChI=1S/C13H10Cl2N2O4/c1-7(21-13(19)10-3-2-4-20-10)12(18)17-11-9(15)5-8(14)6-16-11/h2-7H,1H3,(H,16,17,18)/t7-/m1/s1. The molecule has 0 aliphatic heterocycles. The summed E-state index contributed by atoms with van der Waals surface area (Å²) in [7, 11) is 0. The number of nitrogens with one attached hydrogen (secondary N) is 1. The minimum Gasteiger partial charge on any atom is -0.457 e. The SMILES string of the molecule is C[C@@H](OC(=O)c1ccco1)C(=O)Nc1ncc(Cl)cc1Cl. The molecule has 0 aliphatic carbocycles. The van der Waals surface area contributed by atoms with Crippen LogP contribution >= 0.6 is 23.2 Å². The summed E-state index contributed by atoms with van der Waals surface area (Å²) in [5.41, 5.74) is 0. The molecule has 1 N–H and O–H groups in total. The highest BCUT2D eigenvalue weighted by atomic mass is 35.5. The highest BCUT2D eigenvalue weighted by Gasteiger charge is 2.21. The van der Waals surface area contributed by atoms with Crippen molar-refractivity contribution in [1.82, 2.24) is 4.98 Å². The maximum Gasteiger partial charge on any atom is 0.374 e. The quantitative estimate of drug-likeness (QED) is 0.872. The lowest BCUT2D eigenvalue weighted by atomic mass is 10.3. The van der Waals surface area contributed by atoms with Crippen molar-refractivity contribution in [2.24, 2.45) is 0 Å². The van der Waals surface area contributed by atoms with Crippen molar-refractivity contribution in [2.45, 2.75) is 13.0 Å². The zero-order valence-electron chi connectivity index (χ0n) is 10.8. The zero-order chi connectivity index (χ0) is 15.4. The summed E-state index contributed by atoms with van der Waals surface area (Å²) in [5, 5.41) is 2.96. The molecule has 0 saturated carbocycles. The molecule has 0 spiro atoms. The number of esters is 1. The maximum absolute atomic E-state index is 11.9. The van der Waals surface area contributed by atoms with Gasteiger partial charge in [0.05, 0.1) is 16.3 Å². The third kappa shape index (κ3) is 3.96. The van der Waals surface area contributed by atoms with Gasteiger partial charge in [0, 0.05) is 6.20 Å². The number of anilines is 1. The summed E-state index contributed by atoms with van der Waals surface area (Å²) < 4.78 is 9.82. The van der Waals surface area contributed by atoms with Crippen molar-refractivity contribution in [3.63, 3.8) is 0 Å². The van der Waals surface area contributed by atoms with Crippen LogP contribution in [-0.2, 0) is 9.53 Å². The molecule has 0 radical (unpaired) electrons. The van der Waals surface area contributed by atoms with E-state index in [0.29, 0.717) is 5.02 Å². The van der Waals surface area contributed by atoms with Crippen molar-refractivity contribution < 1.29 is 18.7 Å². The summed E-state index contributed by atoms with van der Waals surface area (Å²) in [6, 6.07) is 4.41. The van der Waals surface area contributed by atoms with Gasteiger partial charge in [-0.15, -0.1) is 0 Å². The van der Waals surface area contributed by atoms with E-state index in [4.69, 9.17) is 32.4 Å². The summed E-state index contributed by atoms with van der Waals surface area (Å²) in [4.78, 5) is 27.4. The summed E-state index contributed by atoms with van der Waals surface area (Å²) >= 11 is 11.6. The van der Waals surface area contributed by atoms with E-state index in [1.807, 2.05) is 0 Å². The molecule has 1 amide bonds. The van der Waals surface area contributed by atoms with Crippen LogP contribution in [-0.4, -0.2) is 23.0 Å². The smallest absolute Gasteiger partial charge is 0.374 e. The van der Waals surface area contributed by atoms with E-state index in [-0.39, 0.29) is 16.6 Å². The average Bonchev–Trinajstić information content (AvgIpc) is 2.95. The molecule has 0 aromatic carbocycles. The Labute approximate surface area is 130 Å². The van der Waals surface area contributed by atoms with Gasteiger partial charge in [-0.3, -0.25) is 4.79 Å². The lowest BCUT2D eigenvalue weighted by Gasteiger charge is -2.12. The minimum atomic E-state index is -1.05. The van der Waals surface area contributed by atoms with Gasteiger partial charge in [0.1, 0.15) is 0 Å². The first-order valence-electron chi connectivity index (χ1n) is 5.84. The van der Waals surface area contributed by atoms with E-state index >= 15 is 0 Å². The van der Waals surface area contributed by atoms with Crippen LogP contribution in [0.2, 0.25) is 10.0 Å². The van der Waals surface area contributed by atoms with Crippen LogP contribution in [0.4, 0.5) is 5.82 Å². The van der Waals surface area contributed by atoms with Crippen LogP contribution < -0.4 is 5.32 Å². The minimum absolute atomic E-state index is 0.0114. The van der Waals surface area contributed by atoms with E-state index in [9.17, 15) is 9.59 Å². The molecule has 2 aromatic heterocycles. The fourth-order valence-electron chi connectivity index (χ4n) is 1.39. The molecule has 0 aliphatic rings. The number of rotatable bonds is 4. The summed E-state index contributed by atoms with van der Waals surface area (Å²) in [5.74, 6) is -1.17. The van der Waals surface area contributed by atoms with Crippen LogP contribution in [0.5, 0.6) is 0 Å². The molecule has 0 unspecified atom stereocenters. The van der Waals surface area contributed by atoms with Crippen LogP contribution in [0.3, 0.4) is 0 Å². The first kappa shape index (κ1) is 15.3. The number of nitrogens with zero attached hydrogens (tertiary/aromatic N) is 1. The molecule has 21 heavy (non-hydrogen) atoms. The number of ether oxygens (including phenoxy) is 1. The van der Waals surface area contributed by atoms with Crippen molar-refractivity contribution in [2.75, 3.05) is 5.32 Å². The Kier molecular flexibility index (Phi) is 4.82. The van der Waals surface area contributed by atoms with Gasteiger partial charge in [-0.25, -0.2) is 9.78 Å². The predicted octanol–water partition coefficient (Wildman–Crippen LogP) is 3.17. The average molecular weight is 329 g/mol. The summed E-state index contributed by atoms with van der Waals surface area (Å²) in [6.45, 7) is 1.42. The fourth-order valence-corrected chi connectivity index (χ4v) is 1.82. The van der Waals surface area contributed by atoms with Crippen molar-refractivity contribution >= 4 is 40.9 Å². The topological polar surface area (TPSA) is 81.4 Å². The lowest BCUT2D eigenvalue weighted by Crippen LogP contribution is -2.30. The number of pyridine rings is 1. The Morgan fingerprint density at radius 1 is 1.43 bits per heavy atom. The van der Waals surface area contributed by atoms with Crippen LogP contribution in [0.15, 0.2) is 35.1 Å². The van der Waals surface area contributed by atoms with Gasteiger partial charge in [-0.1, -0.05) is 23.2 Å². The first-order chi connectivity index (χ1) is 9.97. The molecule has 2 rings (SSSR count). The van der Waals surface area contributed by atoms with Crippen molar-refractivity contribution in [1.29, 1.82) is 0 Å². The highest BCUT2D eigenvalue weighted by molar-refractivity contribution is 6.36. The third-order valence-electron chi connectivity index (χ3n) is 2.42. The molecule has 2 aromatic rings.